The number of aryl methyl sites for hydroxylation is 1. The Hall–Kier alpha value is -2.31. The molecule has 5 nitrogen and oxygen atoms in total. The molecule has 140 valence electrons. The highest BCUT2D eigenvalue weighted by atomic mass is 35.5. The molecule has 4 rings (SSSR count). The third kappa shape index (κ3) is 4.01. The van der Waals surface area contributed by atoms with Crippen molar-refractivity contribution in [1.29, 1.82) is 0 Å². The van der Waals surface area contributed by atoms with Crippen LogP contribution in [0.15, 0.2) is 40.2 Å². The Morgan fingerprint density at radius 1 is 1.33 bits per heavy atom. The summed E-state index contributed by atoms with van der Waals surface area (Å²) in [6.45, 7) is 3.79. The summed E-state index contributed by atoms with van der Waals surface area (Å²) in [6.07, 6.45) is 1.93. The number of carbonyl (C=O) groups is 1. The molecule has 0 atom stereocenters. The molecule has 2 aromatic heterocycles. The van der Waals surface area contributed by atoms with Crippen LogP contribution in [-0.4, -0.2) is 17.6 Å². The van der Waals surface area contributed by atoms with Crippen molar-refractivity contribution in [3.8, 4) is 0 Å². The molecule has 0 aliphatic carbocycles. The molecule has 7 heteroatoms. The number of benzene rings is 1. The summed E-state index contributed by atoms with van der Waals surface area (Å²) in [4.78, 5) is 16.1. The number of fused-ring (bicyclic) bond motifs is 1. The van der Waals surface area contributed by atoms with Crippen molar-refractivity contribution in [2.24, 2.45) is 0 Å². The number of rotatable bonds is 5. The zero-order chi connectivity index (χ0) is 18.8. The number of hydrogen-bond donors (Lipinski definition) is 1. The Morgan fingerprint density at radius 3 is 2.89 bits per heavy atom. The van der Waals surface area contributed by atoms with Crippen molar-refractivity contribution in [2.45, 2.75) is 32.7 Å². The first-order valence-electron chi connectivity index (χ1n) is 8.91. The first-order chi connectivity index (χ1) is 13.1. The largest absolute Gasteiger partial charge is 0.367 e. The van der Waals surface area contributed by atoms with Crippen LogP contribution in [0.2, 0.25) is 5.22 Å². The van der Waals surface area contributed by atoms with Crippen molar-refractivity contribution < 1.29 is 9.32 Å². The number of thiophene rings is 1. The molecule has 0 bridgehead atoms. The Labute approximate surface area is 166 Å². The van der Waals surface area contributed by atoms with Gasteiger partial charge in [0.25, 0.3) is 0 Å². The van der Waals surface area contributed by atoms with Crippen LogP contribution in [0.25, 0.3) is 0 Å². The molecule has 1 aliphatic rings. The summed E-state index contributed by atoms with van der Waals surface area (Å²) in [7, 11) is 0. The molecule has 0 radical (unpaired) electrons. The maximum atomic E-state index is 12.2. The standard InChI is InChI=1S/C20H20ClN3O2S/c1-13-17(20(21)26-23-13)6-7-19(25)22-15-2-4-16(5-3-15)24-10-8-18-14(12-24)9-11-27-18/h2-5,9,11H,6-8,10,12H2,1H3,(H,22,25). The van der Waals surface area contributed by atoms with Gasteiger partial charge in [-0.25, -0.2) is 0 Å². The van der Waals surface area contributed by atoms with Gasteiger partial charge in [0.1, 0.15) is 0 Å². The highest BCUT2D eigenvalue weighted by molar-refractivity contribution is 7.10. The van der Waals surface area contributed by atoms with Crippen LogP contribution in [0.4, 0.5) is 11.4 Å². The van der Waals surface area contributed by atoms with E-state index < -0.39 is 0 Å². The average Bonchev–Trinajstić information content (AvgIpc) is 3.26. The second kappa shape index (κ2) is 7.74. The smallest absolute Gasteiger partial charge is 0.229 e. The maximum absolute atomic E-state index is 12.2. The van der Waals surface area contributed by atoms with Crippen LogP contribution in [0, 0.1) is 6.92 Å². The van der Waals surface area contributed by atoms with E-state index in [2.05, 4.69) is 39.0 Å². The molecule has 0 saturated carbocycles. The summed E-state index contributed by atoms with van der Waals surface area (Å²) in [6, 6.07) is 10.2. The number of hydrogen-bond acceptors (Lipinski definition) is 5. The van der Waals surface area contributed by atoms with E-state index in [0.717, 1.165) is 36.5 Å². The summed E-state index contributed by atoms with van der Waals surface area (Å²) < 4.78 is 4.91. The van der Waals surface area contributed by atoms with E-state index in [1.807, 2.05) is 30.4 Å². The summed E-state index contributed by atoms with van der Waals surface area (Å²) in [5.74, 6) is -0.0553. The second-order valence-electron chi connectivity index (χ2n) is 6.66. The van der Waals surface area contributed by atoms with Gasteiger partial charge in [0.15, 0.2) is 0 Å². The van der Waals surface area contributed by atoms with E-state index in [0.29, 0.717) is 12.8 Å². The van der Waals surface area contributed by atoms with E-state index in [1.54, 1.807) is 0 Å². The van der Waals surface area contributed by atoms with Crippen LogP contribution in [-0.2, 0) is 24.2 Å². The molecule has 0 saturated heterocycles. The SMILES string of the molecule is Cc1noc(Cl)c1CCC(=O)Nc1ccc(N2CCc3sccc3C2)cc1. The minimum Gasteiger partial charge on any atom is -0.367 e. The molecule has 0 fully saturated rings. The fourth-order valence-corrected chi connectivity index (χ4v) is 4.48. The molecule has 0 unspecified atom stereocenters. The first-order valence-corrected chi connectivity index (χ1v) is 10.2. The van der Waals surface area contributed by atoms with Crippen LogP contribution < -0.4 is 10.2 Å². The fourth-order valence-electron chi connectivity index (χ4n) is 3.33. The number of aromatic nitrogens is 1. The summed E-state index contributed by atoms with van der Waals surface area (Å²) in [5, 5.41) is 9.17. The number of nitrogens with one attached hydrogen (secondary N) is 1. The van der Waals surface area contributed by atoms with E-state index in [4.69, 9.17) is 16.1 Å². The molecule has 1 aromatic carbocycles. The third-order valence-corrected chi connectivity index (χ3v) is 6.18. The predicted molar refractivity (Wildman–Crippen MR) is 109 cm³/mol. The van der Waals surface area contributed by atoms with Gasteiger partial charge in [0.05, 0.1) is 5.69 Å². The molecule has 1 amide bonds. The lowest BCUT2D eigenvalue weighted by atomic mass is 10.1. The molecule has 1 aliphatic heterocycles. The van der Waals surface area contributed by atoms with E-state index >= 15 is 0 Å². The number of anilines is 2. The second-order valence-corrected chi connectivity index (χ2v) is 8.00. The number of halogens is 1. The van der Waals surface area contributed by atoms with Gasteiger partial charge in [0.2, 0.25) is 11.1 Å². The third-order valence-electron chi connectivity index (χ3n) is 4.86. The Bertz CT molecular complexity index is 929. The molecule has 1 N–H and O–H groups in total. The van der Waals surface area contributed by atoms with Crippen molar-refractivity contribution in [1.82, 2.24) is 5.16 Å². The van der Waals surface area contributed by atoms with Gasteiger partial charge in [-0.2, -0.15) is 0 Å². The Kier molecular flexibility index (Phi) is 5.18. The summed E-state index contributed by atoms with van der Waals surface area (Å²) in [5.41, 5.74) is 4.92. The van der Waals surface area contributed by atoms with E-state index in [-0.39, 0.29) is 11.1 Å². The van der Waals surface area contributed by atoms with Crippen LogP contribution in [0.1, 0.15) is 28.1 Å². The van der Waals surface area contributed by atoms with Crippen molar-refractivity contribution in [3.05, 3.63) is 62.6 Å². The lowest BCUT2D eigenvalue weighted by Gasteiger charge is -2.29. The zero-order valence-electron chi connectivity index (χ0n) is 15.0. The Balaban J connectivity index is 1.33. The topological polar surface area (TPSA) is 58.4 Å². The van der Waals surface area contributed by atoms with E-state index in [1.165, 1.54) is 16.1 Å². The summed E-state index contributed by atoms with van der Waals surface area (Å²) >= 11 is 7.78. The molecule has 27 heavy (non-hydrogen) atoms. The van der Waals surface area contributed by atoms with Gasteiger partial charge in [-0.15, -0.1) is 11.3 Å². The van der Waals surface area contributed by atoms with Crippen LogP contribution in [0.5, 0.6) is 0 Å². The molecule has 0 spiro atoms. The normalized spacial score (nSPS) is 13.5. The number of nitrogens with zero attached hydrogens (tertiary/aromatic N) is 2. The lowest BCUT2D eigenvalue weighted by molar-refractivity contribution is -0.116. The molecular weight excluding hydrogens is 382 g/mol. The maximum Gasteiger partial charge on any atom is 0.229 e. The quantitative estimate of drug-likeness (QED) is 0.665. The lowest BCUT2D eigenvalue weighted by Crippen LogP contribution is -2.29. The van der Waals surface area contributed by atoms with Crippen molar-refractivity contribution in [3.63, 3.8) is 0 Å². The minimum absolute atomic E-state index is 0.0553. The fraction of sp³-hybridized carbons (Fsp3) is 0.300. The van der Waals surface area contributed by atoms with Gasteiger partial charge >= 0.3 is 0 Å². The number of carbonyl (C=O) groups excluding carboxylic acids is 1. The monoisotopic (exact) mass is 401 g/mol. The number of amides is 1. The predicted octanol–water partition coefficient (Wildman–Crippen LogP) is 4.83. The van der Waals surface area contributed by atoms with Crippen LogP contribution in [0.3, 0.4) is 0 Å². The van der Waals surface area contributed by atoms with Crippen molar-refractivity contribution >= 4 is 40.2 Å². The van der Waals surface area contributed by atoms with Gasteiger partial charge in [-0.05, 0) is 72.6 Å². The highest BCUT2D eigenvalue weighted by Crippen LogP contribution is 2.28. The minimum atomic E-state index is -0.0553. The average molecular weight is 402 g/mol. The first kappa shape index (κ1) is 18.1. The van der Waals surface area contributed by atoms with E-state index in [9.17, 15) is 4.79 Å². The van der Waals surface area contributed by atoms with Gasteiger partial charge < -0.3 is 14.7 Å². The zero-order valence-corrected chi connectivity index (χ0v) is 16.6. The molecule has 3 aromatic rings. The van der Waals surface area contributed by atoms with Gasteiger partial charge in [-0.3, -0.25) is 4.79 Å². The Morgan fingerprint density at radius 2 is 2.15 bits per heavy atom. The molecule has 3 heterocycles. The van der Waals surface area contributed by atoms with Gasteiger partial charge in [-0.1, -0.05) is 5.16 Å². The van der Waals surface area contributed by atoms with Gasteiger partial charge in [0, 0.05) is 41.3 Å². The molecular formula is C20H20ClN3O2S. The highest BCUT2D eigenvalue weighted by Gasteiger charge is 2.17. The van der Waals surface area contributed by atoms with Crippen LogP contribution >= 0.6 is 22.9 Å². The van der Waals surface area contributed by atoms with Crippen molar-refractivity contribution in [2.75, 3.05) is 16.8 Å².